The second-order valence-corrected chi connectivity index (χ2v) is 3.20. The van der Waals surface area contributed by atoms with E-state index < -0.39 is 0 Å². The monoisotopic (exact) mass is 194 g/mol. The Morgan fingerprint density at radius 3 is 2.57 bits per heavy atom. The first-order valence-corrected chi connectivity index (χ1v) is 5.22. The summed E-state index contributed by atoms with van der Waals surface area (Å²) in [5.74, 6) is 0.298. The predicted molar refractivity (Wildman–Crippen MR) is 64.8 cm³/mol. The molecule has 2 heteroatoms. The molecule has 0 aromatic heterocycles. The molecule has 14 heavy (non-hydrogen) atoms. The molecule has 0 bridgehead atoms. The van der Waals surface area contributed by atoms with Crippen LogP contribution in [0.5, 0.6) is 0 Å². The lowest BCUT2D eigenvalue weighted by atomic mass is 9.97. The van der Waals surface area contributed by atoms with Gasteiger partial charge in [0.25, 0.3) is 0 Å². The highest BCUT2D eigenvalue weighted by atomic mass is 14.7. The highest BCUT2D eigenvalue weighted by Crippen LogP contribution is 2.13. The van der Waals surface area contributed by atoms with Crippen LogP contribution in [0.1, 0.15) is 26.7 Å². The largest absolute Gasteiger partial charge is 0.330 e. The van der Waals surface area contributed by atoms with Gasteiger partial charge in [-0.2, -0.15) is 0 Å². The van der Waals surface area contributed by atoms with E-state index in [-0.39, 0.29) is 0 Å². The van der Waals surface area contributed by atoms with Crippen molar-refractivity contribution in [1.82, 2.24) is 0 Å². The lowest BCUT2D eigenvalue weighted by molar-refractivity contribution is 0.798. The van der Waals surface area contributed by atoms with Crippen LogP contribution in [-0.4, -0.2) is 19.8 Å². The van der Waals surface area contributed by atoms with Crippen LogP contribution in [0.4, 0.5) is 0 Å². The molecule has 0 saturated carbocycles. The maximum atomic E-state index is 5.68. The molecule has 0 aromatic rings. The molecular weight excluding hydrogens is 172 g/mol. The average molecular weight is 194 g/mol. The molecule has 2 nitrogen and oxygen atoms in total. The van der Waals surface area contributed by atoms with Gasteiger partial charge in [0, 0.05) is 25.7 Å². The number of nitrogens with zero attached hydrogens (tertiary/aromatic N) is 1. The third-order valence-electron chi connectivity index (χ3n) is 2.19. The highest BCUT2D eigenvalue weighted by Gasteiger charge is 2.06. The minimum absolute atomic E-state index is 0.298. The fourth-order valence-electron chi connectivity index (χ4n) is 1.36. The van der Waals surface area contributed by atoms with E-state index in [2.05, 4.69) is 37.1 Å². The molecule has 2 N–H and O–H groups in total. The van der Waals surface area contributed by atoms with Gasteiger partial charge >= 0.3 is 0 Å². The fourth-order valence-corrected chi connectivity index (χ4v) is 1.36. The van der Waals surface area contributed by atoms with E-state index >= 15 is 0 Å². The van der Waals surface area contributed by atoms with Crippen molar-refractivity contribution in [2.45, 2.75) is 26.7 Å². The Hall–Kier alpha value is -0.890. The van der Waals surface area contributed by atoms with E-state index in [4.69, 9.17) is 5.73 Å². The molecule has 0 spiro atoms. The Labute approximate surface area is 87.6 Å². The highest BCUT2D eigenvalue weighted by molar-refractivity contribution is 5.65. The van der Waals surface area contributed by atoms with Crippen LogP contribution in [0, 0.1) is 5.92 Å². The summed E-state index contributed by atoms with van der Waals surface area (Å²) in [4.78, 5) is 4.03. The van der Waals surface area contributed by atoms with Gasteiger partial charge < -0.3 is 10.7 Å². The molecule has 0 saturated heterocycles. The maximum Gasteiger partial charge on any atom is 0.0273 e. The summed E-state index contributed by atoms with van der Waals surface area (Å²) in [5.41, 5.74) is 7.03. The molecule has 0 aliphatic heterocycles. The van der Waals surface area contributed by atoms with Gasteiger partial charge in [0.15, 0.2) is 0 Å². The number of hydrogen-bond donors (Lipinski definition) is 1. The molecule has 0 heterocycles. The van der Waals surface area contributed by atoms with Gasteiger partial charge in [-0.25, -0.2) is 0 Å². The topological polar surface area (TPSA) is 38.4 Å². The lowest BCUT2D eigenvalue weighted by Gasteiger charge is -2.12. The van der Waals surface area contributed by atoms with Crippen molar-refractivity contribution in [3.05, 3.63) is 23.8 Å². The molecule has 0 aromatic carbocycles. The third-order valence-corrected chi connectivity index (χ3v) is 2.19. The van der Waals surface area contributed by atoms with Crippen molar-refractivity contribution in [3.63, 3.8) is 0 Å². The molecular formula is C12H22N2. The van der Waals surface area contributed by atoms with Crippen LogP contribution in [0.2, 0.25) is 0 Å². The van der Waals surface area contributed by atoms with Crippen molar-refractivity contribution < 1.29 is 0 Å². The molecule has 0 fully saturated rings. The van der Waals surface area contributed by atoms with Crippen LogP contribution in [0.15, 0.2) is 28.8 Å². The number of hydrogen-bond acceptors (Lipinski definition) is 2. The van der Waals surface area contributed by atoms with Crippen LogP contribution in [-0.2, 0) is 0 Å². The SMILES string of the molecule is C/C=C(\C/C=C/CC)C(/C=N\C)CN. The Morgan fingerprint density at radius 1 is 1.43 bits per heavy atom. The first-order valence-electron chi connectivity index (χ1n) is 5.22. The smallest absolute Gasteiger partial charge is 0.0273 e. The Bertz CT molecular complexity index is 214. The van der Waals surface area contributed by atoms with Crippen molar-refractivity contribution >= 4 is 6.21 Å². The second-order valence-electron chi connectivity index (χ2n) is 3.20. The van der Waals surface area contributed by atoms with Crippen LogP contribution in [0.3, 0.4) is 0 Å². The zero-order chi connectivity index (χ0) is 10.8. The van der Waals surface area contributed by atoms with Gasteiger partial charge in [-0.1, -0.05) is 30.7 Å². The Balaban J connectivity index is 4.31. The number of rotatable bonds is 6. The molecule has 0 rings (SSSR count). The molecule has 0 amide bonds. The summed E-state index contributed by atoms with van der Waals surface area (Å²) in [7, 11) is 1.79. The van der Waals surface area contributed by atoms with E-state index in [0.29, 0.717) is 12.5 Å². The second kappa shape index (κ2) is 8.70. The summed E-state index contributed by atoms with van der Waals surface area (Å²) in [5, 5.41) is 0. The number of nitrogens with two attached hydrogens (primary N) is 1. The molecule has 0 aliphatic carbocycles. The number of allylic oxidation sites excluding steroid dienone is 3. The molecule has 0 aliphatic rings. The molecule has 80 valence electrons. The zero-order valence-corrected chi connectivity index (χ0v) is 9.53. The quantitative estimate of drug-likeness (QED) is 0.512. The molecule has 1 unspecified atom stereocenters. The van der Waals surface area contributed by atoms with Gasteiger partial charge in [-0.3, -0.25) is 0 Å². The summed E-state index contributed by atoms with van der Waals surface area (Å²) in [6.07, 6.45) is 10.5. The average Bonchev–Trinajstić information content (AvgIpc) is 2.22. The fraction of sp³-hybridized carbons (Fsp3) is 0.583. The first kappa shape index (κ1) is 13.1. The predicted octanol–water partition coefficient (Wildman–Crippen LogP) is 2.56. The van der Waals surface area contributed by atoms with E-state index in [0.717, 1.165) is 12.8 Å². The van der Waals surface area contributed by atoms with E-state index in [9.17, 15) is 0 Å². The van der Waals surface area contributed by atoms with E-state index in [1.165, 1.54) is 5.57 Å². The molecule has 0 radical (unpaired) electrons. The van der Waals surface area contributed by atoms with Crippen molar-refractivity contribution in [2.75, 3.05) is 13.6 Å². The minimum Gasteiger partial charge on any atom is -0.330 e. The van der Waals surface area contributed by atoms with E-state index in [1.54, 1.807) is 7.05 Å². The summed E-state index contributed by atoms with van der Waals surface area (Å²) in [6.45, 7) is 4.83. The first-order chi connectivity index (χ1) is 6.79. The summed E-state index contributed by atoms with van der Waals surface area (Å²) in [6, 6.07) is 0. The van der Waals surface area contributed by atoms with E-state index in [1.807, 2.05) is 6.21 Å². The van der Waals surface area contributed by atoms with Gasteiger partial charge in [-0.15, -0.1) is 0 Å². The number of aliphatic imine (C=N–C) groups is 1. The van der Waals surface area contributed by atoms with Crippen LogP contribution >= 0.6 is 0 Å². The van der Waals surface area contributed by atoms with Crippen LogP contribution < -0.4 is 5.73 Å². The summed E-state index contributed by atoms with van der Waals surface area (Å²) >= 11 is 0. The summed E-state index contributed by atoms with van der Waals surface area (Å²) < 4.78 is 0. The Morgan fingerprint density at radius 2 is 2.14 bits per heavy atom. The normalized spacial score (nSPS) is 15.6. The van der Waals surface area contributed by atoms with Crippen molar-refractivity contribution in [1.29, 1.82) is 0 Å². The lowest BCUT2D eigenvalue weighted by Crippen LogP contribution is -2.17. The van der Waals surface area contributed by atoms with Gasteiger partial charge in [0.05, 0.1) is 0 Å². The zero-order valence-electron chi connectivity index (χ0n) is 9.53. The maximum absolute atomic E-state index is 5.68. The van der Waals surface area contributed by atoms with Gasteiger partial charge in [0.2, 0.25) is 0 Å². The third kappa shape index (κ3) is 4.97. The van der Waals surface area contributed by atoms with Gasteiger partial charge in [0.1, 0.15) is 0 Å². The minimum atomic E-state index is 0.298. The Kier molecular flexibility index (Phi) is 8.14. The van der Waals surface area contributed by atoms with Crippen molar-refractivity contribution in [2.24, 2.45) is 16.6 Å². The standard InChI is InChI=1S/C12H22N2/c1-4-6-7-8-11(5-2)12(9-13)10-14-3/h5-7,10,12H,4,8-9,13H2,1-3H3/b7-6+,11-5+,14-10-. The van der Waals surface area contributed by atoms with Gasteiger partial charge in [-0.05, 0) is 19.8 Å². The molecule has 1 atom stereocenters. The van der Waals surface area contributed by atoms with Crippen LogP contribution in [0.25, 0.3) is 0 Å². The van der Waals surface area contributed by atoms with Crippen molar-refractivity contribution in [3.8, 4) is 0 Å².